The van der Waals surface area contributed by atoms with Crippen LogP contribution in [0.1, 0.15) is 34.9 Å². The van der Waals surface area contributed by atoms with E-state index in [0.717, 1.165) is 31.5 Å². The lowest BCUT2D eigenvalue weighted by molar-refractivity contribution is 0.0946. The minimum absolute atomic E-state index is 0.189. The number of hydrogen-bond donors (Lipinski definition) is 3. The lowest BCUT2D eigenvalue weighted by Crippen LogP contribution is -2.29. The topological polar surface area (TPSA) is 87.6 Å². The Morgan fingerprint density at radius 3 is 3.05 bits per heavy atom. The van der Waals surface area contributed by atoms with E-state index in [-0.39, 0.29) is 5.91 Å². The van der Waals surface area contributed by atoms with Crippen molar-refractivity contribution in [2.24, 2.45) is 0 Å². The molecular weight excluding hydrogens is 256 g/mol. The van der Waals surface area contributed by atoms with Gasteiger partial charge >= 0.3 is 0 Å². The highest BCUT2D eigenvalue weighted by Crippen LogP contribution is 2.16. The standard InChI is InChI=1S/C13H18N6O/c20-13(16-8-10-1-4-15-7-10)12-9-19(18-17-12)11-2-5-14-6-3-11/h1,4,7,9,11,14-15H,2-3,5-6,8H2,(H,16,20). The Labute approximate surface area is 116 Å². The zero-order chi connectivity index (χ0) is 13.8. The Morgan fingerprint density at radius 1 is 1.45 bits per heavy atom. The fraction of sp³-hybridized carbons (Fsp3) is 0.462. The lowest BCUT2D eigenvalue weighted by atomic mass is 10.1. The number of rotatable bonds is 4. The van der Waals surface area contributed by atoms with Crippen LogP contribution in [0.2, 0.25) is 0 Å². The van der Waals surface area contributed by atoms with Crippen LogP contribution >= 0.6 is 0 Å². The number of aromatic amines is 1. The van der Waals surface area contributed by atoms with Crippen LogP contribution < -0.4 is 10.6 Å². The number of nitrogens with one attached hydrogen (secondary N) is 3. The molecule has 7 heteroatoms. The summed E-state index contributed by atoms with van der Waals surface area (Å²) in [6.45, 7) is 2.46. The van der Waals surface area contributed by atoms with Crippen molar-refractivity contribution in [2.45, 2.75) is 25.4 Å². The van der Waals surface area contributed by atoms with E-state index in [0.29, 0.717) is 18.3 Å². The average Bonchev–Trinajstić information content (AvgIpc) is 3.17. The summed E-state index contributed by atoms with van der Waals surface area (Å²) >= 11 is 0. The molecule has 0 spiro atoms. The van der Waals surface area contributed by atoms with Gasteiger partial charge < -0.3 is 15.6 Å². The molecular formula is C13H18N6O. The Kier molecular flexibility index (Phi) is 3.78. The smallest absolute Gasteiger partial charge is 0.273 e. The van der Waals surface area contributed by atoms with E-state index < -0.39 is 0 Å². The molecule has 0 atom stereocenters. The first-order valence-corrected chi connectivity index (χ1v) is 6.85. The summed E-state index contributed by atoms with van der Waals surface area (Å²) in [6.07, 6.45) is 7.46. The molecule has 0 aliphatic carbocycles. The van der Waals surface area contributed by atoms with E-state index in [1.54, 1.807) is 6.20 Å². The molecule has 3 heterocycles. The van der Waals surface area contributed by atoms with Gasteiger partial charge in [0.2, 0.25) is 0 Å². The first-order chi connectivity index (χ1) is 9.83. The van der Waals surface area contributed by atoms with Crippen molar-refractivity contribution >= 4 is 5.91 Å². The Morgan fingerprint density at radius 2 is 2.30 bits per heavy atom. The maximum Gasteiger partial charge on any atom is 0.273 e. The van der Waals surface area contributed by atoms with E-state index in [2.05, 4.69) is 25.9 Å². The second-order valence-electron chi connectivity index (χ2n) is 4.97. The second-order valence-corrected chi connectivity index (χ2v) is 4.97. The van der Waals surface area contributed by atoms with Crippen molar-refractivity contribution in [3.8, 4) is 0 Å². The molecule has 0 aromatic carbocycles. The molecule has 3 N–H and O–H groups in total. The highest BCUT2D eigenvalue weighted by Gasteiger charge is 2.18. The molecule has 2 aromatic heterocycles. The Bertz CT molecular complexity index is 555. The van der Waals surface area contributed by atoms with Gasteiger partial charge in [0.1, 0.15) is 0 Å². The lowest BCUT2D eigenvalue weighted by Gasteiger charge is -2.22. The summed E-state index contributed by atoms with van der Waals surface area (Å²) in [5.41, 5.74) is 1.41. The van der Waals surface area contributed by atoms with Crippen LogP contribution in [-0.4, -0.2) is 39.0 Å². The van der Waals surface area contributed by atoms with Crippen LogP contribution in [0.4, 0.5) is 0 Å². The SMILES string of the molecule is O=C(NCc1cc[nH]c1)c1cn(C2CCNCC2)nn1. The van der Waals surface area contributed by atoms with Crippen LogP contribution in [0.15, 0.2) is 24.7 Å². The third kappa shape index (κ3) is 2.88. The van der Waals surface area contributed by atoms with Gasteiger partial charge in [0.15, 0.2) is 5.69 Å². The summed E-state index contributed by atoms with van der Waals surface area (Å²) in [7, 11) is 0. The predicted octanol–water partition coefficient (Wildman–Crippen LogP) is 0.461. The molecule has 3 rings (SSSR count). The number of aromatic nitrogens is 4. The van der Waals surface area contributed by atoms with Crippen molar-refractivity contribution in [1.29, 1.82) is 0 Å². The van der Waals surface area contributed by atoms with Crippen molar-refractivity contribution in [1.82, 2.24) is 30.6 Å². The van der Waals surface area contributed by atoms with Gasteiger partial charge in [-0.2, -0.15) is 0 Å². The molecule has 1 fully saturated rings. The first kappa shape index (κ1) is 12.9. The van der Waals surface area contributed by atoms with Gasteiger partial charge in [0, 0.05) is 18.9 Å². The molecule has 0 unspecified atom stereocenters. The van der Waals surface area contributed by atoms with Crippen molar-refractivity contribution < 1.29 is 4.79 Å². The van der Waals surface area contributed by atoms with Gasteiger partial charge in [-0.25, -0.2) is 4.68 Å². The van der Waals surface area contributed by atoms with E-state index in [1.807, 2.05) is 23.1 Å². The molecule has 0 saturated carbocycles. The molecule has 1 aliphatic rings. The highest BCUT2D eigenvalue weighted by atomic mass is 16.2. The Balaban J connectivity index is 1.59. The van der Waals surface area contributed by atoms with Crippen LogP contribution in [0, 0.1) is 0 Å². The quantitative estimate of drug-likeness (QED) is 0.756. The number of nitrogens with zero attached hydrogens (tertiary/aromatic N) is 3. The number of hydrogen-bond acceptors (Lipinski definition) is 4. The predicted molar refractivity (Wildman–Crippen MR) is 73.1 cm³/mol. The first-order valence-electron chi connectivity index (χ1n) is 6.85. The van der Waals surface area contributed by atoms with Crippen LogP contribution in [0.25, 0.3) is 0 Å². The van der Waals surface area contributed by atoms with Gasteiger partial charge in [-0.1, -0.05) is 5.21 Å². The molecule has 1 saturated heterocycles. The number of carbonyl (C=O) groups excluding carboxylic acids is 1. The van der Waals surface area contributed by atoms with Crippen LogP contribution in [0.3, 0.4) is 0 Å². The van der Waals surface area contributed by atoms with Gasteiger partial charge in [-0.3, -0.25) is 4.79 Å². The fourth-order valence-electron chi connectivity index (χ4n) is 2.37. The number of amides is 1. The molecule has 2 aromatic rings. The van der Waals surface area contributed by atoms with Crippen LogP contribution in [0.5, 0.6) is 0 Å². The molecule has 0 bridgehead atoms. The van der Waals surface area contributed by atoms with Crippen molar-refractivity contribution in [3.63, 3.8) is 0 Å². The number of piperidine rings is 1. The van der Waals surface area contributed by atoms with Gasteiger partial charge in [0.25, 0.3) is 5.91 Å². The number of carbonyl (C=O) groups is 1. The largest absolute Gasteiger partial charge is 0.367 e. The van der Waals surface area contributed by atoms with Crippen molar-refractivity contribution in [2.75, 3.05) is 13.1 Å². The summed E-state index contributed by atoms with van der Waals surface area (Å²) in [5.74, 6) is -0.189. The minimum Gasteiger partial charge on any atom is -0.367 e. The molecule has 0 radical (unpaired) electrons. The van der Waals surface area contributed by atoms with Crippen LogP contribution in [-0.2, 0) is 6.54 Å². The molecule has 7 nitrogen and oxygen atoms in total. The van der Waals surface area contributed by atoms with E-state index in [4.69, 9.17) is 0 Å². The third-order valence-corrected chi connectivity index (χ3v) is 3.54. The summed E-state index contributed by atoms with van der Waals surface area (Å²) in [6, 6.07) is 2.27. The van der Waals surface area contributed by atoms with E-state index in [1.165, 1.54) is 0 Å². The normalized spacial score (nSPS) is 16.2. The summed E-state index contributed by atoms with van der Waals surface area (Å²) < 4.78 is 1.81. The zero-order valence-corrected chi connectivity index (χ0v) is 11.2. The van der Waals surface area contributed by atoms with E-state index in [9.17, 15) is 4.79 Å². The monoisotopic (exact) mass is 274 g/mol. The minimum atomic E-state index is -0.189. The van der Waals surface area contributed by atoms with Gasteiger partial charge in [0.05, 0.1) is 12.2 Å². The second kappa shape index (κ2) is 5.87. The van der Waals surface area contributed by atoms with E-state index >= 15 is 0 Å². The summed E-state index contributed by atoms with van der Waals surface area (Å²) in [5, 5.41) is 14.2. The Hall–Kier alpha value is -2.15. The molecule has 20 heavy (non-hydrogen) atoms. The average molecular weight is 274 g/mol. The van der Waals surface area contributed by atoms with Crippen molar-refractivity contribution in [3.05, 3.63) is 35.9 Å². The molecule has 106 valence electrons. The zero-order valence-electron chi connectivity index (χ0n) is 11.2. The molecule has 1 amide bonds. The van der Waals surface area contributed by atoms with Gasteiger partial charge in [-0.05, 0) is 37.6 Å². The molecule has 1 aliphatic heterocycles. The fourth-order valence-corrected chi connectivity index (χ4v) is 2.37. The maximum absolute atomic E-state index is 12.0. The third-order valence-electron chi connectivity index (χ3n) is 3.54. The van der Waals surface area contributed by atoms with Gasteiger partial charge in [-0.15, -0.1) is 5.10 Å². The maximum atomic E-state index is 12.0. The number of H-pyrrole nitrogens is 1. The highest BCUT2D eigenvalue weighted by molar-refractivity contribution is 5.91. The summed E-state index contributed by atoms with van der Waals surface area (Å²) in [4.78, 5) is 14.9.